The van der Waals surface area contributed by atoms with Crippen molar-refractivity contribution in [3.8, 4) is 6.07 Å². The summed E-state index contributed by atoms with van der Waals surface area (Å²) in [4.78, 5) is 0. The summed E-state index contributed by atoms with van der Waals surface area (Å²) in [6, 6.07) is 1.95. The molecule has 2 unspecified atom stereocenters. The van der Waals surface area contributed by atoms with Crippen LogP contribution in [0.1, 0.15) is 26.7 Å². The first-order valence-corrected chi connectivity index (χ1v) is 7.31. The van der Waals surface area contributed by atoms with Crippen LogP contribution >= 0.6 is 23.2 Å². The minimum absolute atomic E-state index is 0.0546. The molecule has 20 heavy (non-hydrogen) atoms. The minimum atomic E-state index is -1.51. The van der Waals surface area contributed by atoms with Gasteiger partial charge in [0.25, 0.3) is 0 Å². The molecule has 0 saturated carbocycles. The van der Waals surface area contributed by atoms with Crippen molar-refractivity contribution in [2.45, 2.75) is 43.2 Å². The number of unbranched alkanes of at least 4 members (excludes halogenated alkanes) is 1. The van der Waals surface area contributed by atoms with E-state index in [9.17, 15) is 5.11 Å². The molecule has 0 spiro atoms. The van der Waals surface area contributed by atoms with Gasteiger partial charge in [0.2, 0.25) is 0 Å². The number of nitrogens with zero attached hydrogens (tertiary/aromatic N) is 1. The van der Waals surface area contributed by atoms with Gasteiger partial charge in [-0.25, -0.2) is 0 Å². The van der Waals surface area contributed by atoms with Crippen molar-refractivity contribution >= 4 is 23.2 Å². The van der Waals surface area contributed by atoms with E-state index in [0.29, 0.717) is 12.4 Å². The van der Waals surface area contributed by atoms with E-state index in [4.69, 9.17) is 37.9 Å². The molecule has 0 aromatic heterocycles. The Hall–Kier alpha value is -0.730. The fourth-order valence-corrected chi connectivity index (χ4v) is 2.23. The normalized spacial score (nSPS) is 22.5. The van der Waals surface area contributed by atoms with Gasteiger partial charge in [0, 0.05) is 0 Å². The fourth-order valence-electron chi connectivity index (χ4n) is 1.68. The smallest absolute Gasteiger partial charge is 0.185 e. The largest absolute Gasteiger partial charge is 0.495 e. The van der Waals surface area contributed by atoms with Crippen molar-refractivity contribution in [2.24, 2.45) is 0 Å². The second-order valence-electron chi connectivity index (χ2n) is 4.65. The van der Waals surface area contributed by atoms with Gasteiger partial charge in [0.1, 0.15) is 5.76 Å². The maximum atomic E-state index is 9.33. The zero-order valence-corrected chi connectivity index (χ0v) is 13.1. The minimum Gasteiger partial charge on any atom is -0.495 e. The number of rotatable bonds is 7. The molecule has 0 saturated heterocycles. The van der Waals surface area contributed by atoms with Gasteiger partial charge >= 0.3 is 0 Å². The van der Waals surface area contributed by atoms with Gasteiger partial charge < -0.3 is 14.6 Å². The first kappa shape index (κ1) is 17.3. The molecule has 6 heteroatoms. The molecule has 1 aliphatic rings. The van der Waals surface area contributed by atoms with Gasteiger partial charge in [0.15, 0.2) is 10.4 Å². The summed E-state index contributed by atoms with van der Waals surface area (Å²) in [5.74, 6) is 0.475. The SMILES string of the molecule is CCCCOC1=CC=C(C#N)C(Cl)(Cl)C1OCC(C)O. The topological polar surface area (TPSA) is 62.5 Å². The maximum absolute atomic E-state index is 9.33. The zero-order valence-electron chi connectivity index (χ0n) is 11.6. The van der Waals surface area contributed by atoms with Crippen LogP contribution in [0.25, 0.3) is 0 Å². The summed E-state index contributed by atoms with van der Waals surface area (Å²) in [5.41, 5.74) is 0.194. The molecule has 112 valence electrons. The van der Waals surface area contributed by atoms with E-state index in [1.54, 1.807) is 13.0 Å². The Balaban J connectivity index is 2.88. The Kier molecular flexibility index (Phi) is 6.84. The van der Waals surface area contributed by atoms with E-state index in [1.807, 2.05) is 6.07 Å². The average Bonchev–Trinajstić information content (AvgIpc) is 2.37. The predicted octanol–water partition coefficient (Wildman–Crippen LogP) is 3.09. The molecule has 1 aliphatic carbocycles. The van der Waals surface area contributed by atoms with Gasteiger partial charge in [-0.1, -0.05) is 36.5 Å². The molecule has 0 aliphatic heterocycles. The molecule has 0 radical (unpaired) electrons. The van der Waals surface area contributed by atoms with E-state index in [2.05, 4.69) is 6.92 Å². The van der Waals surface area contributed by atoms with Gasteiger partial charge in [-0.2, -0.15) is 5.26 Å². The van der Waals surface area contributed by atoms with Crippen LogP contribution in [-0.4, -0.2) is 34.9 Å². The van der Waals surface area contributed by atoms with E-state index in [-0.39, 0.29) is 12.2 Å². The third-order valence-electron chi connectivity index (χ3n) is 2.75. The molecule has 0 bridgehead atoms. The predicted molar refractivity (Wildman–Crippen MR) is 78.5 cm³/mol. The Morgan fingerprint density at radius 1 is 1.50 bits per heavy atom. The third kappa shape index (κ3) is 4.39. The van der Waals surface area contributed by atoms with E-state index < -0.39 is 16.5 Å². The lowest BCUT2D eigenvalue weighted by Crippen LogP contribution is -2.41. The Labute approximate surface area is 129 Å². The zero-order chi connectivity index (χ0) is 15.2. The fraction of sp³-hybridized carbons (Fsp3) is 0.643. The van der Waals surface area contributed by atoms with Crippen molar-refractivity contribution in [3.05, 3.63) is 23.5 Å². The van der Waals surface area contributed by atoms with Crippen LogP contribution in [-0.2, 0) is 9.47 Å². The van der Waals surface area contributed by atoms with Gasteiger partial charge in [-0.05, 0) is 25.5 Å². The van der Waals surface area contributed by atoms with Crippen molar-refractivity contribution in [1.29, 1.82) is 5.26 Å². The Morgan fingerprint density at radius 2 is 2.20 bits per heavy atom. The lowest BCUT2D eigenvalue weighted by molar-refractivity contribution is -0.0166. The second kappa shape index (κ2) is 7.90. The lowest BCUT2D eigenvalue weighted by atomic mass is 10.0. The summed E-state index contributed by atoms with van der Waals surface area (Å²) in [6.07, 6.45) is 3.60. The highest BCUT2D eigenvalue weighted by Crippen LogP contribution is 2.41. The van der Waals surface area contributed by atoms with E-state index in [0.717, 1.165) is 12.8 Å². The summed E-state index contributed by atoms with van der Waals surface area (Å²) in [5, 5.41) is 18.4. The van der Waals surface area contributed by atoms with Crippen LogP contribution in [0.2, 0.25) is 0 Å². The van der Waals surface area contributed by atoms with Gasteiger partial charge in [-0.3, -0.25) is 0 Å². The van der Waals surface area contributed by atoms with Crippen molar-refractivity contribution in [2.75, 3.05) is 13.2 Å². The standard InChI is InChI=1S/C14H19Cl2NO3/c1-3-4-7-19-12-6-5-11(8-17)14(15,16)13(12)20-9-10(2)18/h5-6,10,13,18H,3-4,7,9H2,1-2H3. The number of hydrogen-bond acceptors (Lipinski definition) is 4. The first-order chi connectivity index (χ1) is 9.43. The first-order valence-electron chi connectivity index (χ1n) is 6.56. The second-order valence-corrected chi connectivity index (χ2v) is 6.03. The van der Waals surface area contributed by atoms with E-state index in [1.165, 1.54) is 6.08 Å². The quantitative estimate of drug-likeness (QED) is 0.578. The molecule has 1 rings (SSSR count). The maximum Gasteiger partial charge on any atom is 0.185 e. The van der Waals surface area contributed by atoms with Crippen LogP contribution in [0.3, 0.4) is 0 Å². The summed E-state index contributed by atoms with van der Waals surface area (Å²) >= 11 is 12.5. The highest BCUT2D eigenvalue weighted by molar-refractivity contribution is 6.51. The molecule has 0 aromatic carbocycles. The highest BCUT2D eigenvalue weighted by Gasteiger charge is 2.45. The number of aliphatic hydroxyl groups is 1. The molecule has 0 heterocycles. The number of halogens is 2. The molecule has 4 nitrogen and oxygen atoms in total. The monoisotopic (exact) mass is 319 g/mol. The summed E-state index contributed by atoms with van der Waals surface area (Å²) < 4.78 is 9.65. The highest BCUT2D eigenvalue weighted by atomic mass is 35.5. The number of alkyl halides is 2. The summed E-state index contributed by atoms with van der Waals surface area (Å²) in [7, 11) is 0. The Morgan fingerprint density at radius 3 is 2.75 bits per heavy atom. The molecule has 1 N–H and O–H groups in total. The molecule has 0 fully saturated rings. The average molecular weight is 320 g/mol. The van der Waals surface area contributed by atoms with Crippen LogP contribution in [0.15, 0.2) is 23.5 Å². The third-order valence-corrected chi connectivity index (χ3v) is 3.56. The Bertz CT molecular complexity index is 425. The van der Waals surface area contributed by atoms with Crippen LogP contribution in [0, 0.1) is 11.3 Å². The van der Waals surface area contributed by atoms with Crippen molar-refractivity contribution in [3.63, 3.8) is 0 Å². The molecule has 0 amide bonds. The molecule has 0 aromatic rings. The number of ether oxygens (including phenoxy) is 2. The summed E-state index contributed by atoms with van der Waals surface area (Å²) in [6.45, 7) is 4.23. The lowest BCUT2D eigenvalue weighted by Gasteiger charge is -2.33. The van der Waals surface area contributed by atoms with Crippen molar-refractivity contribution in [1.82, 2.24) is 0 Å². The van der Waals surface area contributed by atoms with E-state index >= 15 is 0 Å². The van der Waals surface area contributed by atoms with Gasteiger partial charge in [0.05, 0.1) is 31.0 Å². The molecular weight excluding hydrogens is 301 g/mol. The van der Waals surface area contributed by atoms with Crippen LogP contribution in [0.5, 0.6) is 0 Å². The molecular formula is C14H19Cl2NO3. The number of hydrogen-bond donors (Lipinski definition) is 1. The number of allylic oxidation sites excluding steroid dienone is 2. The van der Waals surface area contributed by atoms with Crippen LogP contribution < -0.4 is 0 Å². The van der Waals surface area contributed by atoms with Crippen molar-refractivity contribution < 1.29 is 14.6 Å². The molecule has 2 atom stereocenters. The number of nitriles is 1. The van der Waals surface area contributed by atoms with Gasteiger partial charge in [-0.15, -0.1) is 0 Å². The number of aliphatic hydroxyl groups excluding tert-OH is 1. The van der Waals surface area contributed by atoms with Crippen LogP contribution in [0.4, 0.5) is 0 Å².